The number of carbonyl (C=O) groups excluding carboxylic acids is 1. The van der Waals surface area contributed by atoms with Crippen molar-refractivity contribution < 1.29 is 18.0 Å². The van der Waals surface area contributed by atoms with E-state index in [1.54, 1.807) is 22.3 Å². The number of amides is 1. The van der Waals surface area contributed by atoms with Crippen LogP contribution in [0.25, 0.3) is 6.08 Å². The molecule has 0 unspecified atom stereocenters. The largest absolute Gasteiger partial charge is 0.416 e. The minimum absolute atomic E-state index is 0.219. The highest BCUT2D eigenvalue weighted by molar-refractivity contribution is 7.09. The molecule has 0 aliphatic rings. The van der Waals surface area contributed by atoms with Gasteiger partial charge in [-0.05, 0) is 35.2 Å². The Labute approximate surface area is 142 Å². The van der Waals surface area contributed by atoms with E-state index in [0.29, 0.717) is 18.7 Å². The second kappa shape index (κ2) is 7.97. The maximum absolute atomic E-state index is 12.5. The van der Waals surface area contributed by atoms with Crippen LogP contribution in [0.15, 0.2) is 60.5 Å². The van der Waals surface area contributed by atoms with Gasteiger partial charge in [-0.15, -0.1) is 17.9 Å². The molecule has 0 spiro atoms. The van der Waals surface area contributed by atoms with Crippen LogP contribution in [0, 0.1) is 0 Å². The first-order valence-electron chi connectivity index (χ1n) is 7.17. The standard InChI is InChI=1S/C18H16F3NOS/c1-2-11-22(13-16-4-3-12-24-16)17(23)10-7-14-5-8-15(9-6-14)18(19,20)21/h2-10,12H,1,11,13H2/b10-7+. The van der Waals surface area contributed by atoms with Crippen LogP contribution in [0.3, 0.4) is 0 Å². The van der Waals surface area contributed by atoms with Crippen molar-refractivity contribution in [1.82, 2.24) is 4.90 Å². The third-order valence-corrected chi connectivity index (χ3v) is 4.11. The first-order chi connectivity index (χ1) is 11.4. The molecule has 1 heterocycles. The first kappa shape index (κ1) is 18.0. The summed E-state index contributed by atoms with van der Waals surface area (Å²) >= 11 is 1.55. The van der Waals surface area contributed by atoms with Gasteiger partial charge in [0.1, 0.15) is 0 Å². The predicted octanol–water partition coefficient (Wildman–Crippen LogP) is 4.99. The van der Waals surface area contributed by atoms with Gasteiger partial charge in [-0.25, -0.2) is 0 Å². The Morgan fingerprint density at radius 1 is 1.21 bits per heavy atom. The fourth-order valence-electron chi connectivity index (χ4n) is 2.04. The summed E-state index contributed by atoms with van der Waals surface area (Å²) in [4.78, 5) is 14.9. The zero-order valence-electron chi connectivity index (χ0n) is 12.8. The van der Waals surface area contributed by atoms with Gasteiger partial charge in [0, 0.05) is 17.5 Å². The number of hydrogen-bond acceptors (Lipinski definition) is 2. The summed E-state index contributed by atoms with van der Waals surface area (Å²) in [5.74, 6) is -0.219. The fraction of sp³-hybridized carbons (Fsp3) is 0.167. The molecule has 0 saturated carbocycles. The molecule has 0 saturated heterocycles. The fourth-order valence-corrected chi connectivity index (χ4v) is 2.75. The lowest BCUT2D eigenvalue weighted by Gasteiger charge is -2.18. The van der Waals surface area contributed by atoms with E-state index >= 15 is 0 Å². The van der Waals surface area contributed by atoms with Crippen LogP contribution in [0.1, 0.15) is 16.0 Å². The second-order valence-electron chi connectivity index (χ2n) is 5.04. The highest BCUT2D eigenvalue weighted by atomic mass is 32.1. The zero-order chi connectivity index (χ0) is 17.6. The summed E-state index contributed by atoms with van der Waals surface area (Å²) in [6.07, 6.45) is 0.143. The third kappa shape index (κ3) is 5.09. The highest BCUT2D eigenvalue weighted by Gasteiger charge is 2.29. The van der Waals surface area contributed by atoms with E-state index in [4.69, 9.17) is 0 Å². The predicted molar refractivity (Wildman–Crippen MR) is 90.4 cm³/mol. The minimum atomic E-state index is -4.36. The molecule has 0 atom stereocenters. The molecule has 6 heteroatoms. The molecule has 2 rings (SSSR count). The van der Waals surface area contributed by atoms with Gasteiger partial charge in [-0.3, -0.25) is 4.79 Å². The summed E-state index contributed by atoms with van der Waals surface area (Å²) in [7, 11) is 0. The van der Waals surface area contributed by atoms with Crippen molar-refractivity contribution in [3.8, 4) is 0 Å². The van der Waals surface area contributed by atoms with Gasteiger partial charge in [-0.2, -0.15) is 13.2 Å². The zero-order valence-corrected chi connectivity index (χ0v) is 13.6. The third-order valence-electron chi connectivity index (χ3n) is 3.24. The van der Waals surface area contributed by atoms with Crippen molar-refractivity contribution in [2.45, 2.75) is 12.7 Å². The minimum Gasteiger partial charge on any atom is -0.330 e. The van der Waals surface area contributed by atoms with Crippen molar-refractivity contribution in [3.63, 3.8) is 0 Å². The lowest BCUT2D eigenvalue weighted by Crippen LogP contribution is -2.28. The molecule has 0 aliphatic carbocycles. The van der Waals surface area contributed by atoms with Crippen molar-refractivity contribution in [2.24, 2.45) is 0 Å². The molecule has 0 N–H and O–H groups in total. The maximum atomic E-state index is 12.5. The molecule has 126 valence electrons. The van der Waals surface area contributed by atoms with Crippen LogP contribution in [0.4, 0.5) is 13.2 Å². The van der Waals surface area contributed by atoms with Gasteiger partial charge in [0.05, 0.1) is 12.1 Å². The van der Waals surface area contributed by atoms with E-state index in [0.717, 1.165) is 17.0 Å². The maximum Gasteiger partial charge on any atom is 0.416 e. The van der Waals surface area contributed by atoms with Crippen LogP contribution >= 0.6 is 11.3 Å². The normalized spacial score (nSPS) is 11.6. The van der Waals surface area contributed by atoms with Crippen LogP contribution in [-0.2, 0) is 17.5 Å². The number of carbonyl (C=O) groups is 1. The molecule has 1 amide bonds. The Kier molecular flexibility index (Phi) is 5.98. The van der Waals surface area contributed by atoms with E-state index in [9.17, 15) is 18.0 Å². The molecule has 2 nitrogen and oxygen atoms in total. The lowest BCUT2D eigenvalue weighted by molar-refractivity contribution is -0.137. The number of halogens is 3. The average molecular weight is 351 g/mol. The Hall–Kier alpha value is -2.34. The number of nitrogens with zero attached hydrogens (tertiary/aromatic N) is 1. The van der Waals surface area contributed by atoms with Gasteiger partial charge in [-0.1, -0.05) is 24.3 Å². The van der Waals surface area contributed by atoms with Crippen LogP contribution in [-0.4, -0.2) is 17.4 Å². The monoisotopic (exact) mass is 351 g/mol. The molecular weight excluding hydrogens is 335 g/mol. The quantitative estimate of drug-likeness (QED) is 0.530. The average Bonchev–Trinajstić information content (AvgIpc) is 3.05. The number of rotatable bonds is 6. The lowest BCUT2D eigenvalue weighted by atomic mass is 10.1. The van der Waals surface area contributed by atoms with Crippen LogP contribution < -0.4 is 0 Å². The van der Waals surface area contributed by atoms with Crippen LogP contribution in [0.2, 0.25) is 0 Å². The number of thiophene rings is 1. The summed E-state index contributed by atoms with van der Waals surface area (Å²) in [5.41, 5.74) is -0.178. The number of benzene rings is 1. The molecule has 24 heavy (non-hydrogen) atoms. The first-order valence-corrected chi connectivity index (χ1v) is 8.05. The summed E-state index contributed by atoms with van der Waals surface area (Å²) in [5, 5.41) is 1.93. The van der Waals surface area contributed by atoms with Crippen molar-refractivity contribution >= 4 is 23.3 Å². The highest BCUT2D eigenvalue weighted by Crippen LogP contribution is 2.29. The molecule has 0 radical (unpaired) electrons. The summed E-state index contributed by atoms with van der Waals surface area (Å²) in [6, 6.07) is 8.52. The number of hydrogen-bond donors (Lipinski definition) is 0. The van der Waals surface area contributed by atoms with E-state index < -0.39 is 11.7 Å². The molecule has 0 aliphatic heterocycles. The summed E-state index contributed by atoms with van der Waals surface area (Å²) < 4.78 is 37.6. The van der Waals surface area contributed by atoms with Gasteiger partial charge in [0.25, 0.3) is 0 Å². The van der Waals surface area contributed by atoms with E-state index in [1.165, 1.54) is 24.3 Å². The Bertz CT molecular complexity index is 703. The van der Waals surface area contributed by atoms with Gasteiger partial charge in [0.15, 0.2) is 0 Å². The Balaban J connectivity index is 2.05. The van der Waals surface area contributed by atoms with E-state index in [1.807, 2.05) is 17.5 Å². The molecular formula is C18H16F3NOS. The Morgan fingerprint density at radius 3 is 2.46 bits per heavy atom. The van der Waals surface area contributed by atoms with Crippen molar-refractivity contribution in [2.75, 3.05) is 6.54 Å². The molecule has 2 aromatic rings. The number of alkyl halides is 3. The smallest absolute Gasteiger partial charge is 0.330 e. The molecule has 0 bridgehead atoms. The van der Waals surface area contributed by atoms with Gasteiger partial charge >= 0.3 is 6.18 Å². The molecule has 0 fully saturated rings. The second-order valence-corrected chi connectivity index (χ2v) is 6.07. The molecule has 1 aromatic heterocycles. The SMILES string of the molecule is C=CCN(Cc1cccs1)C(=O)/C=C/c1ccc(C(F)(F)F)cc1. The summed E-state index contributed by atoms with van der Waals surface area (Å²) in [6.45, 7) is 4.51. The Morgan fingerprint density at radius 2 is 1.92 bits per heavy atom. The molecule has 1 aromatic carbocycles. The van der Waals surface area contributed by atoms with Gasteiger partial charge < -0.3 is 4.90 Å². The van der Waals surface area contributed by atoms with E-state index in [2.05, 4.69) is 6.58 Å². The van der Waals surface area contributed by atoms with Crippen molar-refractivity contribution in [3.05, 3.63) is 76.5 Å². The van der Waals surface area contributed by atoms with Crippen LogP contribution in [0.5, 0.6) is 0 Å². The topological polar surface area (TPSA) is 20.3 Å². The van der Waals surface area contributed by atoms with E-state index in [-0.39, 0.29) is 5.91 Å². The van der Waals surface area contributed by atoms with Gasteiger partial charge in [0.2, 0.25) is 5.91 Å². The van der Waals surface area contributed by atoms with Crippen molar-refractivity contribution in [1.29, 1.82) is 0 Å².